The van der Waals surface area contributed by atoms with Crippen molar-refractivity contribution in [2.45, 2.75) is 78.7 Å². The Morgan fingerprint density at radius 1 is 1.05 bits per heavy atom. The minimum absolute atomic E-state index is 0.132. The molecule has 114 valence electrons. The van der Waals surface area contributed by atoms with Gasteiger partial charge in [0.15, 0.2) is 0 Å². The molecule has 0 aromatic heterocycles. The predicted octanol–water partition coefficient (Wildman–Crippen LogP) is 4.98. The molecule has 0 fully saturated rings. The van der Waals surface area contributed by atoms with Crippen molar-refractivity contribution in [2.24, 2.45) is 0 Å². The molecule has 0 N–H and O–H groups in total. The van der Waals surface area contributed by atoms with E-state index in [4.69, 9.17) is 6.42 Å². The van der Waals surface area contributed by atoms with E-state index in [-0.39, 0.29) is 12.1 Å². The highest BCUT2D eigenvalue weighted by Crippen LogP contribution is 2.50. The van der Waals surface area contributed by atoms with Gasteiger partial charge in [-0.05, 0) is 57.2 Å². The fraction of sp³-hybridized carbons (Fsp3) is 0.750. The first-order valence-corrected chi connectivity index (χ1v) is 11.9. The molecule has 0 rings (SSSR count). The highest BCUT2D eigenvalue weighted by atomic mass is 31.2. The highest BCUT2D eigenvalue weighted by Gasteiger charge is 2.32. The van der Waals surface area contributed by atoms with Gasteiger partial charge in [0.25, 0.3) is 7.29 Å². The Bertz CT molecular complexity index is 433. The van der Waals surface area contributed by atoms with Gasteiger partial charge in [0.1, 0.15) is 8.07 Å². The molecule has 0 aromatic carbocycles. The minimum Gasteiger partial charge on any atom is -0.278 e. The van der Waals surface area contributed by atoms with Crippen LogP contribution >= 0.6 is 7.29 Å². The molecule has 0 saturated carbocycles. The van der Waals surface area contributed by atoms with Crippen LogP contribution in [0.4, 0.5) is 0 Å². The van der Waals surface area contributed by atoms with Crippen molar-refractivity contribution >= 4 is 15.4 Å². The third kappa shape index (κ3) is 4.52. The number of nitrogens with zero attached hydrogens (tertiary/aromatic N) is 1. The van der Waals surface area contributed by atoms with Crippen molar-refractivity contribution in [3.05, 3.63) is 0 Å². The summed E-state index contributed by atoms with van der Waals surface area (Å²) >= 11 is 0. The summed E-state index contributed by atoms with van der Waals surface area (Å²) in [4.78, 5) is 0. The van der Waals surface area contributed by atoms with E-state index in [1.165, 1.54) is 0 Å². The minimum atomic E-state index is -3.02. The van der Waals surface area contributed by atoms with Gasteiger partial charge in [0.05, 0.1) is 0 Å². The first-order chi connectivity index (χ1) is 9.21. The average molecular weight is 311 g/mol. The molecule has 0 saturated heterocycles. The summed E-state index contributed by atoms with van der Waals surface area (Å²) in [6.45, 7) is 14.7. The quantitative estimate of drug-likeness (QED) is 0.391. The average Bonchev–Trinajstić information content (AvgIpc) is 2.40. The zero-order valence-electron chi connectivity index (χ0n) is 14.2. The second-order valence-electron chi connectivity index (χ2n) is 5.85. The van der Waals surface area contributed by atoms with Crippen LogP contribution in [0.5, 0.6) is 0 Å². The first kappa shape index (κ1) is 19.5. The molecule has 0 aromatic rings. The van der Waals surface area contributed by atoms with Gasteiger partial charge in [0, 0.05) is 12.1 Å². The van der Waals surface area contributed by atoms with Gasteiger partial charge in [-0.15, -0.1) is 12.0 Å². The van der Waals surface area contributed by atoms with E-state index in [9.17, 15) is 4.57 Å². The Hall–Kier alpha value is -0.473. The van der Waals surface area contributed by atoms with Gasteiger partial charge in [0.2, 0.25) is 0 Å². The van der Waals surface area contributed by atoms with Crippen LogP contribution in [0.3, 0.4) is 0 Å². The fourth-order valence-corrected chi connectivity index (χ4v) is 7.81. The second kappa shape index (κ2) is 8.09. The summed E-state index contributed by atoms with van der Waals surface area (Å²) in [6.07, 6.45) is 5.60. The molecule has 0 spiro atoms. The van der Waals surface area contributed by atoms with E-state index in [1.807, 2.05) is 32.4 Å². The third-order valence-corrected chi connectivity index (χ3v) is 11.3. The van der Waals surface area contributed by atoms with Crippen LogP contribution in [0.2, 0.25) is 18.1 Å². The van der Waals surface area contributed by atoms with Gasteiger partial charge in [-0.1, -0.05) is 20.8 Å². The van der Waals surface area contributed by atoms with Crippen LogP contribution < -0.4 is 0 Å². The largest absolute Gasteiger partial charge is 0.288 e. The molecular weight excluding hydrogens is 281 g/mol. The normalized spacial score (nSPS) is 14.8. The summed E-state index contributed by atoms with van der Waals surface area (Å²) in [5, 5.41) is 0. The number of hydrogen-bond acceptors (Lipinski definition) is 1. The van der Waals surface area contributed by atoms with Gasteiger partial charge in [-0.25, -0.2) is 4.67 Å². The van der Waals surface area contributed by atoms with E-state index in [1.54, 1.807) is 0 Å². The Balaban J connectivity index is 5.72. The van der Waals surface area contributed by atoms with Crippen LogP contribution in [0.25, 0.3) is 0 Å². The van der Waals surface area contributed by atoms with Crippen molar-refractivity contribution in [2.75, 3.05) is 0 Å². The number of terminal acetylenes is 1. The molecule has 0 heterocycles. The topological polar surface area (TPSA) is 20.3 Å². The lowest BCUT2D eigenvalue weighted by Gasteiger charge is -2.32. The summed E-state index contributed by atoms with van der Waals surface area (Å²) in [5.74, 6) is 0. The maximum atomic E-state index is 13.1. The van der Waals surface area contributed by atoms with E-state index in [0.717, 1.165) is 18.1 Å². The molecule has 0 aliphatic carbocycles. The molecule has 0 amide bonds. The van der Waals surface area contributed by atoms with E-state index < -0.39 is 15.4 Å². The standard InChI is InChI=1S/C16H30NOPSi/c1-9-19(18,17(15(5)6)16(7)8)13-14-20(10-2,11-3)12-4/h1,15-16H,10-12H2,2-8H3. The molecule has 1 unspecified atom stereocenters. The number of rotatable bonds is 6. The van der Waals surface area contributed by atoms with E-state index in [0.29, 0.717) is 0 Å². The predicted molar refractivity (Wildman–Crippen MR) is 93.5 cm³/mol. The molecule has 2 nitrogen and oxygen atoms in total. The zero-order valence-corrected chi connectivity index (χ0v) is 16.1. The molecule has 20 heavy (non-hydrogen) atoms. The molecule has 4 heteroatoms. The van der Waals surface area contributed by atoms with Crippen LogP contribution in [0.15, 0.2) is 0 Å². The van der Waals surface area contributed by atoms with Crippen LogP contribution in [0, 0.1) is 23.3 Å². The smallest absolute Gasteiger partial charge is 0.278 e. The summed E-state index contributed by atoms with van der Waals surface area (Å²) in [5.41, 5.74) is 8.98. The lowest BCUT2D eigenvalue weighted by atomic mass is 10.3. The summed E-state index contributed by atoms with van der Waals surface area (Å²) < 4.78 is 15.0. The monoisotopic (exact) mass is 311 g/mol. The lowest BCUT2D eigenvalue weighted by molar-refractivity contribution is 0.308. The maximum Gasteiger partial charge on any atom is 0.288 e. The Morgan fingerprint density at radius 3 is 1.70 bits per heavy atom. The van der Waals surface area contributed by atoms with Gasteiger partial charge >= 0.3 is 0 Å². The second-order valence-corrected chi connectivity index (χ2v) is 12.9. The number of hydrogen-bond donors (Lipinski definition) is 0. The third-order valence-electron chi connectivity index (χ3n) is 4.06. The Kier molecular flexibility index (Phi) is 7.90. The van der Waals surface area contributed by atoms with Crippen LogP contribution in [-0.2, 0) is 4.57 Å². The molecule has 0 bridgehead atoms. The van der Waals surface area contributed by atoms with Crippen molar-refractivity contribution < 1.29 is 4.57 Å². The van der Waals surface area contributed by atoms with Crippen LogP contribution in [0.1, 0.15) is 48.5 Å². The molecule has 0 aliphatic heterocycles. The van der Waals surface area contributed by atoms with Crippen molar-refractivity contribution in [3.63, 3.8) is 0 Å². The molecule has 1 atom stereocenters. The fourth-order valence-electron chi connectivity index (χ4n) is 2.61. The molecule has 0 aliphatic rings. The van der Waals surface area contributed by atoms with E-state index in [2.05, 4.69) is 37.6 Å². The van der Waals surface area contributed by atoms with Crippen molar-refractivity contribution in [3.8, 4) is 23.3 Å². The Morgan fingerprint density at radius 2 is 1.45 bits per heavy atom. The highest BCUT2D eigenvalue weighted by molar-refractivity contribution is 7.71. The van der Waals surface area contributed by atoms with Crippen molar-refractivity contribution in [1.82, 2.24) is 4.67 Å². The van der Waals surface area contributed by atoms with Gasteiger partial charge in [-0.3, -0.25) is 4.57 Å². The van der Waals surface area contributed by atoms with Gasteiger partial charge in [-0.2, -0.15) is 0 Å². The summed E-state index contributed by atoms with van der Waals surface area (Å²) in [6, 6.07) is 3.56. The van der Waals surface area contributed by atoms with E-state index >= 15 is 0 Å². The maximum absolute atomic E-state index is 13.1. The summed E-state index contributed by atoms with van der Waals surface area (Å²) in [7, 11) is -4.64. The first-order valence-electron chi connectivity index (χ1n) is 7.63. The van der Waals surface area contributed by atoms with Gasteiger partial charge < -0.3 is 0 Å². The lowest BCUT2D eigenvalue weighted by Crippen LogP contribution is -2.34. The Labute approximate surface area is 127 Å². The molecular formula is C16H30NOPSi. The zero-order chi connectivity index (χ0) is 16.0. The molecule has 0 radical (unpaired) electrons. The van der Waals surface area contributed by atoms with Crippen molar-refractivity contribution in [1.29, 1.82) is 0 Å². The van der Waals surface area contributed by atoms with Crippen LogP contribution in [-0.4, -0.2) is 24.8 Å². The SMILES string of the molecule is C#CP(=O)(C#C[Si](CC)(CC)CC)N(C(C)C)C(C)C.